The molecule has 3 saturated carbocycles. The van der Waals surface area contributed by atoms with Crippen LogP contribution in [0, 0.1) is 47.3 Å². The SMILES string of the molecule is C#C[C@@]1(OCCO)CC[C@@H]2[C@H]3[C@@H](CC[C@@]21C)[C@H]1CCC(=O)C=C1C[C@@H]3C. The molecule has 0 aliphatic heterocycles. The molecule has 4 aliphatic carbocycles. The Hall–Kier alpha value is -1.11. The minimum absolute atomic E-state index is 0.00193. The maximum atomic E-state index is 11.9. The van der Waals surface area contributed by atoms with Crippen LogP contribution in [0.3, 0.4) is 0 Å². The molecule has 142 valence electrons. The van der Waals surface area contributed by atoms with E-state index in [2.05, 4.69) is 19.8 Å². The van der Waals surface area contributed by atoms with Crippen molar-refractivity contribution in [3.63, 3.8) is 0 Å². The third-order valence-corrected chi connectivity index (χ3v) is 8.43. The predicted octanol–water partition coefficient (Wildman–Crippen LogP) is 3.76. The van der Waals surface area contributed by atoms with E-state index in [4.69, 9.17) is 11.2 Å². The van der Waals surface area contributed by atoms with Crippen LogP contribution >= 0.6 is 0 Å². The molecule has 0 bridgehead atoms. The molecule has 26 heavy (non-hydrogen) atoms. The lowest BCUT2D eigenvalue weighted by atomic mass is 9.48. The van der Waals surface area contributed by atoms with E-state index < -0.39 is 5.60 Å². The fraction of sp³-hybridized carbons (Fsp3) is 0.783. The molecule has 3 fully saturated rings. The van der Waals surface area contributed by atoms with Gasteiger partial charge < -0.3 is 9.84 Å². The van der Waals surface area contributed by atoms with Crippen LogP contribution in [0.4, 0.5) is 0 Å². The van der Waals surface area contributed by atoms with Crippen LogP contribution in [0.25, 0.3) is 0 Å². The normalized spacial score (nSPS) is 47.4. The fourth-order valence-corrected chi connectivity index (χ4v) is 7.32. The number of carbonyl (C=O) groups is 1. The molecule has 7 atom stereocenters. The molecule has 4 rings (SSSR count). The molecule has 0 amide bonds. The number of hydrogen-bond acceptors (Lipinski definition) is 3. The fourth-order valence-electron chi connectivity index (χ4n) is 7.32. The lowest BCUT2D eigenvalue weighted by Gasteiger charge is -2.57. The Morgan fingerprint density at radius 3 is 2.88 bits per heavy atom. The van der Waals surface area contributed by atoms with E-state index in [0.29, 0.717) is 42.0 Å². The summed E-state index contributed by atoms with van der Waals surface area (Å²) in [7, 11) is 0. The average Bonchev–Trinajstić information content (AvgIpc) is 2.92. The van der Waals surface area contributed by atoms with Gasteiger partial charge >= 0.3 is 0 Å². The summed E-state index contributed by atoms with van der Waals surface area (Å²) in [6, 6.07) is 0. The zero-order valence-corrected chi connectivity index (χ0v) is 16.2. The first-order chi connectivity index (χ1) is 12.5. The van der Waals surface area contributed by atoms with Gasteiger partial charge in [-0.2, -0.15) is 0 Å². The van der Waals surface area contributed by atoms with Gasteiger partial charge in [-0.05, 0) is 74.2 Å². The second kappa shape index (κ2) is 6.50. The maximum Gasteiger partial charge on any atom is 0.155 e. The van der Waals surface area contributed by atoms with Crippen LogP contribution in [-0.2, 0) is 9.53 Å². The number of fused-ring (bicyclic) bond motifs is 5. The first-order valence-electron chi connectivity index (χ1n) is 10.4. The number of rotatable bonds is 3. The van der Waals surface area contributed by atoms with Crippen molar-refractivity contribution in [1.29, 1.82) is 0 Å². The lowest BCUT2D eigenvalue weighted by molar-refractivity contribution is -0.133. The van der Waals surface area contributed by atoms with E-state index >= 15 is 0 Å². The molecular weight excluding hydrogens is 324 g/mol. The Labute approximate surface area is 157 Å². The van der Waals surface area contributed by atoms with Crippen molar-refractivity contribution in [2.75, 3.05) is 13.2 Å². The quantitative estimate of drug-likeness (QED) is 0.783. The van der Waals surface area contributed by atoms with Gasteiger partial charge in [0, 0.05) is 11.8 Å². The van der Waals surface area contributed by atoms with Gasteiger partial charge in [0.1, 0.15) is 5.60 Å². The summed E-state index contributed by atoms with van der Waals surface area (Å²) >= 11 is 0. The van der Waals surface area contributed by atoms with Crippen molar-refractivity contribution in [3.05, 3.63) is 11.6 Å². The van der Waals surface area contributed by atoms with Crippen LogP contribution in [0.15, 0.2) is 11.6 Å². The van der Waals surface area contributed by atoms with E-state index in [1.807, 2.05) is 6.08 Å². The van der Waals surface area contributed by atoms with Gasteiger partial charge in [0.05, 0.1) is 13.2 Å². The Morgan fingerprint density at radius 2 is 2.15 bits per heavy atom. The van der Waals surface area contributed by atoms with Crippen LogP contribution in [-0.4, -0.2) is 29.7 Å². The molecule has 4 aliphatic rings. The average molecular weight is 357 g/mol. The van der Waals surface area contributed by atoms with Gasteiger partial charge in [0.15, 0.2) is 5.78 Å². The van der Waals surface area contributed by atoms with Gasteiger partial charge in [0.25, 0.3) is 0 Å². The standard InChI is InChI=1S/C23H32O3/c1-4-23(26-12-11-24)10-8-20-21-15(2)13-16-14-17(25)5-6-18(16)19(21)7-9-22(20,23)3/h1,14-15,18-21,24H,5-13H2,2-3H3/t15-,18-,19-,20+,21+,22-,23+/m0/s1. The van der Waals surface area contributed by atoms with Crippen molar-refractivity contribution < 1.29 is 14.6 Å². The first-order valence-corrected chi connectivity index (χ1v) is 10.4. The molecule has 3 nitrogen and oxygen atoms in total. The van der Waals surface area contributed by atoms with Crippen LogP contribution in [0.2, 0.25) is 0 Å². The zero-order valence-electron chi connectivity index (χ0n) is 16.2. The van der Waals surface area contributed by atoms with Crippen LogP contribution < -0.4 is 0 Å². The zero-order chi connectivity index (χ0) is 18.5. The van der Waals surface area contributed by atoms with Crippen molar-refractivity contribution >= 4 is 5.78 Å². The van der Waals surface area contributed by atoms with Gasteiger partial charge in [0.2, 0.25) is 0 Å². The second-order valence-electron chi connectivity index (χ2n) is 9.40. The number of ether oxygens (including phenoxy) is 1. The molecule has 0 heterocycles. The number of aliphatic hydroxyl groups is 1. The highest BCUT2D eigenvalue weighted by Crippen LogP contribution is 2.66. The third-order valence-electron chi connectivity index (χ3n) is 8.43. The topological polar surface area (TPSA) is 46.5 Å². The van der Waals surface area contributed by atoms with Crippen molar-refractivity contribution in [3.8, 4) is 12.3 Å². The van der Waals surface area contributed by atoms with Gasteiger partial charge in [-0.25, -0.2) is 0 Å². The van der Waals surface area contributed by atoms with Crippen molar-refractivity contribution in [1.82, 2.24) is 0 Å². The highest BCUT2D eigenvalue weighted by atomic mass is 16.5. The molecular formula is C23H32O3. The molecule has 3 heteroatoms. The van der Waals surface area contributed by atoms with Crippen molar-refractivity contribution in [2.45, 2.75) is 64.4 Å². The minimum Gasteiger partial charge on any atom is -0.394 e. The highest BCUT2D eigenvalue weighted by molar-refractivity contribution is 5.91. The lowest BCUT2D eigenvalue weighted by Crippen LogP contribution is -2.55. The van der Waals surface area contributed by atoms with Gasteiger partial charge in [-0.15, -0.1) is 6.42 Å². The highest BCUT2D eigenvalue weighted by Gasteiger charge is 2.64. The molecule has 0 aromatic heterocycles. The summed E-state index contributed by atoms with van der Waals surface area (Å²) in [5, 5.41) is 9.27. The van der Waals surface area contributed by atoms with Crippen LogP contribution in [0.5, 0.6) is 0 Å². The Bertz CT molecular complexity index is 659. The maximum absolute atomic E-state index is 11.9. The molecule has 1 N–H and O–H groups in total. The molecule has 0 saturated heterocycles. The van der Waals surface area contributed by atoms with Crippen LogP contribution in [0.1, 0.15) is 58.8 Å². The molecule has 0 spiro atoms. The van der Waals surface area contributed by atoms with Crippen molar-refractivity contribution in [2.24, 2.45) is 35.0 Å². The number of allylic oxidation sites excluding steroid dienone is 1. The van der Waals surface area contributed by atoms with Gasteiger partial charge in [-0.1, -0.05) is 25.3 Å². The number of ketones is 1. The summed E-state index contributed by atoms with van der Waals surface area (Å²) in [6.45, 7) is 5.08. The Balaban J connectivity index is 1.66. The summed E-state index contributed by atoms with van der Waals surface area (Å²) in [6.07, 6.45) is 15.2. The van der Waals surface area contributed by atoms with E-state index in [1.54, 1.807) is 0 Å². The summed E-state index contributed by atoms with van der Waals surface area (Å²) < 4.78 is 6.15. The molecule has 0 unspecified atom stereocenters. The molecule has 0 aromatic carbocycles. The summed E-state index contributed by atoms with van der Waals surface area (Å²) in [5.74, 6) is 6.53. The number of carbonyl (C=O) groups excluding carboxylic acids is 1. The first kappa shape index (κ1) is 18.3. The second-order valence-corrected chi connectivity index (χ2v) is 9.40. The number of hydrogen-bond donors (Lipinski definition) is 1. The predicted molar refractivity (Wildman–Crippen MR) is 101 cm³/mol. The molecule has 0 aromatic rings. The molecule has 0 radical (unpaired) electrons. The Kier molecular flexibility index (Phi) is 4.56. The van der Waals surface area contributed by atoms with E-state index in [0.717, 1.165) is 38.5 Å². The minimum atomic E-state index is -0.524. The smallest absolute Gasteiger partial charge is 0.155 e. The summed E-state index contributed by atoms with van der Waals surface area (Å²) in [4.78, 5) is 11.9. The third kappa shape index (κ3) is 2.45. The van der Waals surface area contributed by atoms with Gasteiger partial charge in [-0.3, -0.25) is 4.79 Å². The van der Waals surface area contributed by atoms with E-state index in [9.17, 15) is 9.90 Å². The Morgan fingerprint density at radius 1 is 1.35 bits per heavy atom. The number of terminal acetylenes is 1. The summed E-state index contributed by atoms with van der Waals surface area (Å²) in [5.41, 5.74) is 0.901. The number of aliphatic hydroxyl groups excluding tert-OH is 1. The van der Waals surface area contributed by atoms with E-state index in [-0.39, 0.29) is 12.0 Å². The monoisotopic (exact) mass is 356 g/mol. The largest absolute Gasteiger partial charge is 0.394 e. The van der Waals surface area contributed by atoms with E-state index in [1.165, 1.54) is 12.0 Å².